The monoisotopic (exact) mass is 269 g/mol. The van der Waals surface area contributed by atoms with Crippen molar-refractivity contribution < 1.29 is 4.79 Å². The maximum absolute atomic E-state index is 12.2. The van der Waals surface area contributed by atoms with Crippen LogP contribution in [0, 0.1) is 13.8 Å². The van der Waals surface area contributed by atoms with E-state index >= 15 is 0 Å². The van der Waals surface area contributed by atoms with Gasteiger partial charge in [-0.15, -0.1) is 0 Å². The number of benzene rings is 1. The molecule has 0 atom stereocenters. The summed E-state index contributed by atoms with van der Waals surface area (Å²) in [6.45, 7) is 4.41. The maximum atomic E-state index is 12.2. The summed E-state index contributed by atoms with van der Waals surface area (Å²) in [6, 6.07) is 9.64. The Bertz CT molecular complexity index is 606. The zero-order valence-electron chi connectivity index (χ0n) is 12.0. The molecular weight excluding hydrogens is 250 g/mol. The fraction of sp³-hybridized carbons (Fsp3) is 0.250. The summed E-state index contributed by atoms with van der Waals surface area (Å²) < 4.78 is 0. The summed E-state index contributed by atoms with van der Waals surface area (Å²) in [5.74, 6) is -0.0880. The number of hydrogen-bond acceptors (Lipinski definition) is 3. The first kappa shape index (κ1) is 14.1. The van der Waals surface area contributed by atoms with Crippen LogP contribution in [0.3, 0.4) is 0 Å². The van der Waals surface area contributed by atoms with E-state index in [2.05, 4.69) is 15.6 Å². The normalized spacial score (nSPS) is 10.2. The number of hydrogen-bond donors (Lipinski definition) is 2. The van der Waals surface area contributed by atoms with Crippen LogP contribution in [0.1, 0.15) is 27.2 Å². The highest BCUT2D eigenvalue weighted by atomic mass is 16.1. The molecule has 0 aliphatic rings. The quantitative estimate of drug-likeness (QED) is 0.897. The number of nitrogens with one attached hydrogen (secondary N) is 2. The molecule has 1 heterocycles. The van der Waals surface area contributed by atoms with Gasteiger partial charge in [-0.3, -0.25) is 9.78 Å². The SMILES string of the molecule is CNc1cc(C)ccc1C(=O)NCc1ccc(C)nc1. The zero-order valence-corrected chi connectivity index (χ0v) is 12.0. The third-order valence-corrected chi connectivity index (χ3v) is 3.11. The Morgan fingerprint density at radius 3 is 2.65 bits per heavy atom. The Labute approximate surface area is 119 Å². The van der Waals surface area contributed by atoms with E-state index in [1.54, 1.807) is 6.20 Å². The minimum absolute atomic E-state index is 0.0880. The highest BCUT2D eigenvalue weighted by Crippen LogP contribution is 2.17. The van der Waals surface area contributed by atoms with Gasteiger partial charge in [0.15, 0.2) is 0 Å². The van der Waals surface area contributed by atoms with Crippen molar-refractivity contribution in [1.82, 2.24) is 10.3 Å². The second-order valence-electron chi connectivity index (χ2n) is 4.79. The molecule has 2 rings (SSSR count). The molecule has 0 aliphatic carbocycles. The second kappa shape index (κ2) is 6.19. The van der Waals surface area contributed by atoms with E-state index in [-0.39, 0.29) is 5.91 Å². The maximum Gasteiger partial charge on any atom is 0.253 e. The number of amides is 1. The molecule has 1 amide bonds. The molecule has 104 valence electrons. The molecule has 0 unspecified atom stereocenters. The Balaban J connectivity index is 2.07. The number of aryl methyl sites for hydroxylation is 2. The first-order valence-corrected chi connectivity index (χ1v) is 6.58. The van der Waals surface area contributed by atoms with Crippen LogP contribution in [-0.4, -0.2) is 17.9 Å². The van der Waals surface area contributed by atoms with Crippen molar-refractivity contribution in [2.24, 2.45) is 0 Å². The molecule has 4 nitrogen and oxygen atoms in total. The summed E-state index contributed by atoms with van der Waals surface area (Å²) in [4.78, 5) is 16.4. The van der Waals surface area contributed by atoms with E-state index in [0.29, 0.717) is 12.1 Å². The highest BCUT2D eigenvalue weighted by molar-refractivity contribution is 5.99. The lowest BCUT2D eigenvalue weighted by Crippen LogP contribution is -2.23. The van der Waals surface area contributed by atoms with Gasteiger partial charge in [-0.25, -0.2) is 0 Å². The van der Waals surface area contributed by atoms with Gasteiger partial charge < -0.3 is 10.6 Å². The molecule has 4 heteroatoms. The van der Waals surface area contributed by atoms with Crippen LogP contribution in [0.15, 0.2) is 36.5 Å². The number of carbonyl (C=O) groups excluding carboxylic acids is 1. The van der Waals surface area contributed by atoms with Crippen LogP contribution in [0.4, 0.5) is 5.69 Å². The largest absolute Gasteiger partial charge is 0.387 e. The number of anilines is 1. The minimum atomic E-state index is -0.0880. The van der Waals surface area contributed by atoms with E-state index in [1.165, 1.54) is 0 Å². The molecule has 2 aromatic rings. The number of pyridine rings is 1. The van der Waals surface area contributed by atoms with E-state index < -0.39 is 0 Å². The fourth-order valence-corrected chi connectivity index (χ4v) is 1.94. The summed E-state index contributed by atoms with van der Waals surface area (Å²) in [5.41, 5.74) is 4.56. The van der Waals surface area contributed by atoms with E-state index in [9.17, 15) is 4.79 Å². The summed E-state index contributed by atoms with van der Waals surface area (Å²) >= 11 is 0. The highest BCUT2D eigenvalue weighted by Gasteiger charge is 2.10. The Hall–Kier alpha value is -2.36. The van der Waals surface area contributed by atoms with Gasteiger partial charge in [0.05, 0.1) is 5.56 Å². The average Bonchev–Trinajstić information content (AvgIpc) is 2.46. The van der Waals surface area contributed by atoms with Gasteiger partial charge in [0.2, 0.25) is 0 Å². The summed E-state index contributed by atoms with van der Waals surface area (Å²) in [7, 11) is 1.81. The molecule has 0 aliphatic heterocycles. The predicted molar refractivity (Wildman–Crippen MR) is 80.9 cm³/mol. The molecular formula is C16H19N3O. The van der Waals surface area contributed by atoms with Crippen molar-refractivity contribution in [3.05, 3.63) is 58.9 Å². The van der Waals surface area contributed by atoms with Gasteiger partial charge in [0.1, 0.15) is 0 Å². The Kier molecular flexibility index (Phi) is 4.35. The summed E-state index contributed by atoms with van der Waals surface area (Å²) in [6.07, 6.45) is 1.78. The molecule has 1 aromatic heterocycles. The van der Waals surface area contributed by atoms with Crippen LogP contribution in [0.25, 0.3) is 0 Å². The molecule has 0 fully saturated rings. The minimum Gasteiger partial charge on any atom is -0.387 e. The van der Waals surface area contributed by atoms with Gasteiger partial charge in [0, 0.05) is 31.2 Å². The third kappa shape index (κ3) is 3.35. The van der Waals surface area contributed by atoms with Crippen LogP contribution < -0.4 is 10.6 Å². The molecule has 0 spiro atoms. The third-order valence-electron chi connectivity index (χ3n) is 3.11. The van der Waals surface area contributed by atoms with Gasteiger partial charge in [-0.1, -0.05) is 12.1 Å². The molecule has 0 radical (unpaired) electrons. The predicted octanol–water partition coefficient (Wildman–Crippen LogP) is 2.67. The fourth-order valence-electron chi connectivity index (χ4n) is 1.94. The lowest BCUT2D eigenvalue weighted by atomic mass is 10.1. The topological polar surface area (TPSA) is 54.0 Å². The molecule has 0 bridgehead atoms. The number of nitrogens with zero attached hydrogens (tertiary/aromatic N) is 1. The molecule has 0 saturated carbocycles. The standard InChI is InChI=1S/C16H19N3O/c1-11-4-7-14(15(8-11)17-3)16(20)19-10-13-6-5-12(2)18-9-13/h4-9,17H,10H2,1-3H3,(H,19,20). The first-order chi connectivity index (χ1) is 9.60. The lowest BCUT2D eigenvalue weighted by molar-refractivity contribution is 0.0951. The number of aromatic nitrogens is 1. The second-order valence-corrected chi connectivity index (χ2v) is 4.79. The van der Waals surface area contributed by atoms with Crippen molar-refractivity contribution in [1.29, 1.82) is 0 Å². The van der Waals surface area contributed by atoms with Crippen molar-refractivity contribution in [2.45, 2.75) is 20.4 Å². The van der Waals surface area contributed by atoms with E-state index in [0.717, 1.165) is 22.5 Å². The van der Waals surface area contributed by atoms with Gasteiger partial charge in [-0.05, 0) is 43.2 Å². The van der Waals surface area contributed by atoms with Crippen molar-refractivity contribution in [3.63, 3.8) is 0 Å². The molecule has 20 heavy (non-hydrogen) atoms. The number of rotatable bonds is 4. The number of carbonyl (C=O) groups is 1. The van der Waals surface area contributed by atoms with Crippen LogP contribution in [0.2, 0.25) is 0 Å². The molecule has 1 aromatic carbocycles. The lowest BCUT2D eigenvalue weighted by Gasteiger charge is -2.10. The molecule has 2 N–H and O–H groups in total. The van der Waals surface area contributed by atoms with Crippen LogP contribution in [-0.2, 0) is 6.54 Å². The molecule has 0 saturated heterocycles. The van der Waals surface area contributed by atoms with E-state index in [1.807, 2.05) is 51.2 Å². The zero-order chi connectivity index (χ0) is 14.5. The Morgan fingerprint density at radius 2 is 2.00 bits per heavy atom. The summed E-state index contributed by atoms with van der Waals surface area (Å²) in [5, 5.41) is 5.96. The van der Waals surface area contributed by atoms with Crippen LogP contribution in [0.5, 0.6) is 0 Å². The van der Waals surface area contributed by atoms with Gasteiger partial charge >= 0.3 is 0 Å². The average molecular weight is 269 g/mol. The van der Waals surface area contributed by atoms with Gasteiger partial charge in [0.25, 0.3) is 5.91 Å². The first-order valence-electron chi connectivity index (χ1n) is 6.58. The smallest absolute Gasteiger partial charge is 0.253 e. The van der Waals surface area contributed by atoms with Crippen molar-refractivity contribution in [2.75, 3.05) is 12.4 Å². The van der Waals surface area contributed by atoms with Crippen LogP contribution >= 0.6 is 0 Å². The van der Waals surface area contributed by atoms with Crippen molar-refractivity contribution in [3.8, 4) is 0 Å². The van der Waals surface area contributed by atoms with Crippen molar-refractivity contribution >= 4 is 11.6 Å². The Morgan fingerprint density at radius 1 is 1.20 bits per heavy atom. The van der Waals surface area contributed by atoms with Gasteiger partial charge in [-0.2, -0.15) is 0 Å². The van der Waals surface area contributed by atoms with E-state index in [4.69, 9.17) is 0 Å².